The van der Waals surface area contributed by atoms with Crippen LogP contribution in [0.5, 0.6) is 11.5 Å². The van der Waals surface area contributed by atoms with Crippen LogP contribution in [-0.4, -0.2) is 48.0 Å². The van der Waals surface area contributed by atoms with Crippen molar-refractivity contribution in [1.82, 2.24) is 10.2 Å². The second-order valence-corrected chi connectivity index (χ2v) is 4.20. The molecule has 1 heterocycles. The normalized spacial score (nSPS) is 19.1. The summed E-state index contributed by atoms with van der Waals surface area (Å²) in [6, 6.07) is 3.87. The maximum atomic E-state index is 13.2. The van der Waals surface area contributed by atoms with Crippen LogP contribution in [0.4, 0.5) is 4.39 Å². The number of phenols is 2. The van der Waals surface area contributed by atoms with E-state index in [4.69, 9.17) is 0 Å². The van der Waals surface area contributed by atoms with Gasteiger partial charge in [0.1, 0.15) is 18.2 Å². The van der Waals surface area contributed by atoms with Crippen LogP contribution in [0.1, 0.15) is 11.6 Å². The van der Waals surface area contributed by atoms with Gasteiger partial charge < -0.3 is 15.5 Å². The Morgan fingerprint density at radius 1 is 1.29 bits per heavy atom. The highest BCUT2D eigenvalue weighted by molar-refractivity contribution is 5.41. The van der Waals surface area contributed by atoms with Crippen molar-refractivity contribution in [1.29, 1.82) is 0 Å². The van der Waals surface area contributed by atoms with Crippen molar-refractivity contribution in [3.8, 4) is 11.5 Å². The van der Waals surface area contributed by atoms with Gasteiger partial charge in [-0.25, -0.2) is 4.39 Å². The zero-order valence-electron chi connectivity index (χ0n) is 9.56. The van der Waals surface area contributed by atoms with Gasteiger partial charge in [0, 0.05) is 37.8 Å². The number of halogens is 1. The molecule has 1 aliphatic heterocycles. The van der Waals surface area contributed by atoms with Crippen LogP contribution in [0.25, 0.3) is 0 Å². The van der Waals surface area contributed by atoms with Gasteiger partial charge in [-0.2, -0.15) is 0 Å². The Balaban J connectivity index is 2.21. The smallest absolute Gasteiger partial charge is 0.124 e. The monoisotopic (exact) mass is 240 g/mol. The Hall–Kier alpha value is -1.33. The van der Waals surface area contributed by atoms with Crippen molar-refractivity contribution in [2.75, 3.05) is 32.9 Å². The van der Waals surface area contributed by atoms with Crippen molar-refractivity contribution >= 4 is 0 Å². The SMILES string of the molecule is Oc1ccc([C@H](CF)N2CCNCC2)c(O)c1. The number of piperazine rings is 1. The summed E-state index contributed by atoms with van der Waals surface area (Å²) in [6.07, 6.45) is 0. The molecule has 17 heavy (non-hydrogen) atoms. The molecule has 5 heteroatoms. The predicted octanol–water partition coefficient (Wildman–Crippen LogP) is 1.01. The lowest BCUT2D eigenvalue weighted by atomic mass is 10.0. The third-order valence-electron chi connectivity index (χ3n) is 3.11. The van der Waals surface area contributed by atoms with Crippen molar-refractivity contribution in [3.63, 3.8) is 0 Å². The largest absolute Gasteiger partial charge is 0.508 e. The molecule has 3 N–H and O–H groups in total. The second-order valence-electron chi connectivity index (χ2n) is 4.20. The molecule has 0 spiro atoms. The first kappa shape index (κ1) is 12.1. The molecule has 0 aromatic heterocycles. The highest BCUT2D eigenvalue weighted by Crippen LogP contribution is 2.31. The molecular weight excluding hydrogens is 223 g/mol. The molecule has 1 aromatic rings. The average molecular weight is 240 g/mol. The summed E-state index contributed by atoms with van der Waals surface area (Å²) in [7, 11) is 0. The fraction of sp³-hybridized carbons (Fsp3) is 0.500. The van der Waals surface area contributed by atoms with E-state index in [-0.39, 0.29) is 11.5 Å². The second kappa shape index (κ2) is 5.33. The van der Waals surface area contributed by atoms with Crippen molar-refractivity contribution in [2.45, 2.75) is 6.04 Å². The number of phenolic OH excluding ortho intramolecular Hbond substituents is 2. The summed E-state index contributed by atoms with van der Waals surface area (Å²) < 4.78 is 13.2. The van der Waals surface area contributed by atoms with Crippen LogP contribution in [-0.2, 0) is 0 Å². The summed E-state index contributed by atoms with van der Waals surface area (Å²) in [4.78, 5) is 2.00. The zero-order valence-corrected chi connectivity index (χ0v) is 9.56. The van der Waals surface area contributed by atoms with Gasteiger partial charge in [0.05, 0.1) is 6.04 Å². The topological polar surface area (TPSA) is 55.7 Å². The molecule has 1 saturated heterocycles. The van der Waals surface area contributed by atoms with E-state index in [1.165, 1.54) is 12.1 Å². The van der Waals surface area contributed by atoms with E-state index in [1.807, 2.05) is 4.90 Å². The Morgan fingerprint density at radius 3 is 2.59 bits per heavy atom. The first-order valence-corrected chi connectivity index (χ1v) is 5.75. The number of nitrogens with zero attached hydrogens (tertiary/aromatic N) is 1. The summed E-state index contributed by atoms with van der Waals surface area (Å²) in [5.41, 5.74) is 0.534. The molecule has 0 radical (unpaired) electrons. The van der Waals surface area contributed by atoms with Crippen LogP contribution in [0, 0.1) is 0 Å². The molecule has 1 aliphatic rings. The molecule has 0 bridgehead atoms. The lowest BCUT2D eigenvalue weighted by molar-refractivity contribution is 0.145. The highest BCUT2D eigenvalue weighted by atomic mass is 19.1. The van der Waals surface area contributed by atoms with Gasteiger partial charge in [0.2, 0.25) is 0 Å². The minimum atomic E-state index is -0.543. The number of alkyl halides is 1. The summed E-state index contributed by atoms with van der Waals surface area (Å²) in [6.45, 7) is 2.63. The number of aromatic hydroxyl groups is 2. The van der Waals surface area contributed by atoms with E-state index < -0.39 is 12.7 Å². The standard InChI is InChI=1S/C12H17FN2O2/c13-8-11(15-5-3-14-4-6-15)10-2-1-9(16)7-12(10)17/h1-2,7,11,14,16-17H,3-6,8H2/t11-/m0/s1. The maximum absolute atomic E-state index is 13.2. The Kier molecular flexibility index (Phi) is 3.81. The number of nitrogens with one attached hydrogen (secondary N) is 1. The molecule has 0 aliphatic carbocycles. The minimum Gasteiger partial charge on any atom is -0.508 e. The molecule has 0 unspecified atom stereocenters. The lowest BCUT2D eigenvalue weighted by Gasteiger charge is -2.33. The zero-order chi connectivity index (χ0) is 12.3. The van der Waals surface area contributed by atoms with Gasteiger partial charge in [0.25, 0.3) is 0 Å². The molecule has 1 aromatic carbocycles. The molecule has 0 amide bonds. The summed E-state index contributed by atoms with van der Waals surface area (Å²) >= 11 is 0. The Bertz CT molecular complexity index is 381. The molecule has 94 valence electrons. The molecule has 1 atom stereocenters. The van der Waals surface area contributed by atoms with E-state index in [1.54, 1.807) is 6.07 Å². The Labute approximate surface area is 99.7 Å². The average Bonchev–Trinajstić information content (AvgIpc) is 2.34. The third kappa shape index (κ3) is 2.68. The quantitative estimate of drug-likeness (QED) is 0.738. The number of hydrogen-bond donors (Lipinski definition) is 3. The first-order chi connectivity index (χ1) is 8.22. The van der Waals surface area contributed by atoms with Crippen molar-refractivity contribution in [3.05, 3.63) is 23.8 Å². The number of benzene rings is 1. The molecule has 2 rings (SSSR count). The third-order valence-corrected chi connectivity index (χ3v) is 3.11. The van der Waals surface area contributed by atoms with E-state index in [0.29, 0.717) is 5.56 Å². The van der Waals surface area contributed by atoms with Crippen LogP contribution in [0.3, 0.4) is 0 Å². The maximum Gasteiger partial charge on any atom is 0.124 e. The van der Waals surface area contributed by atoms with E-state index in [0.717, 1.165) is 26.2 Å². The molecule has 4 nitrogen and oxygen atoms in total. The van der Waals surface area contributed by atoms with Crippen LogP contribution in [0.15, 0.2) is 18.2 Å². The van der Waals surface area contributed by atoms with Gasteiger partial charge in [-0.3, -0.25) is 4.90 Å². The van der Waals surface area contributed by atoms with Crippen LogP contribution < -0.4 is 5.32 Å². The van der Waals surface area contributed by atoms with Gasteiger partial charge >= 0.3 is 0 Å². The van der Waals surface area contributed by atoms with Gasteiger partial charge in [0.15, 0.2) is 0 Å². The van der Waals surface area contributed by atoms with Crippen LogP contribution in [0.2, 0.25) is 0 Å². The fourth-order valence-electron chi connectivity index (χ4n) is 2.19. The number of hydrogen-bond acceptors (Lipinski definition) is 4. The fourth-order valence-corrected chi connectivity index (χ4v) is 2.19. The van der Waals surface area contributed by atoms with E-state index in [9.17, 15) is 14.6 Å². The lowest BCUT2D eigenvalue weighted by Crippen LogP contribution is -2.45. The Morgan fingerprint density at radius 2 is 2.00 bits per heavy atom. The van der Waals surface area contributed by atoms with Crippen LogP contribution >= 0.6 is 0 Å². The molecular formula is C12H17FN2O2. The molecule has 0 saturated carbocycles. The summed E-state index contributed by atoms with van der Waals surface area (Å²) in [5.74, 6) is -0.0599. The van der Waals surface area contributed by atoms with Crippen molar-refractivity contribution < 1.29 is 14.6 Å². The summed E-state index contributed by atoms with van der Waals surface area (Å²) in [5, 5.41) is 22.2. The predicted molar refractivity (Wildman–Crippen MR) is 62.9 cm³/mol. The van der Waals surface area contributed by atoms with E-state index in [2.05, 4.69) is 5.32 Å². The number of rotatable bonds is 3. The van der Waals surface area contributed by atoms with E-state index >= 15 is 0 Å². The minimum absolute atomic E-state index is 0.0100. The van der Waals surface area contributed by atoms with Crippen molar-refractivity contribution in [2.24, 2.45) is 0 Å². The first-order valence-electron chi connectivity index (χ1n) is 5.75. The highest BCUT2D eigenvalue weighted by Gasteiger charge is 2.24. The van der Waals surface area contributed by atoms with Gasteiger partial charge in [-0.15, -0.1) is 0 Å². The van der Waals surface area contributed by atoms with Gasteiger partial charge in [-0.1, -0.05) is 0 Å². The van der Waals surface area contributed by atoms with Gasteiger partial charge in [-0.05, 0) is 12.1 Å². The molecule has 1 fully saturated rings.